The Labute approximate surface area is 222 Å². The summed E-state index contributed by atoms with van der Waals surface area (Å²) >= 11 is 0. The molecule has 3 N–H and O–H groups in total. The van der Waals surface area contributed by atoms with Crippen molar-refractivity contribution >= 4 is 0 Å². The lowest BCUT2D eigenvalue weighted by Crippen LogP contribution is -2.35. The second kappa shape index (κ2) is 10.4. The number of aryl methyl sites for hydroxylation is 1. The maximum Gasteiger partial charge on any atom is 0.113 e. The predicted molar refractivity (Wildman–Crippen MR) is 148 cm³/mol. The summed E-state index contributed by atoms with van der Waals surface area (Å²) in [5.41, 5.74) is 4.49. The first-order valence-corrected chi connectivity index (χ1v) is 14.6. The molecule has 4 aliphatic carbocycles. The van der Waals surface area contributed by atoms with Crippen molar-refractivity contribution in [3.8, 4) is 0 Å². The first-order valence-electron chi connectivity index (χ1n) is 14.6. The summed E-state index contributed by atoms with van der Waals surface area (Å²) in [6.45, 7) is 11.0. The molecule has 5 rings (SSSR count). The molecule has 0 radical (unpaired) electrons. The van der Waals surface area contributed by atoms with E-state index in [2.05, 4.69) is 57.7 Å². The van der Waals surface area contributed by atoms with Gasteiger partial charge in [-0.3, -0.25) is 0 Å². The highest BCUT2D eigenvalue weighted by Gasteiger charge is 2.53. The maximum atomic E-state index is 11.2. The predicted octanol–water partition coefficient (Wildman–Crippen LogP) is 6.57. The summed E-state index contributed by atoms with van der Waals surface area (Å²) < 4.78 is 5.86. The SMILES string of the molecule is C=C1C(=CC=C2CCC[C@]3(C)[C@@H]([C@H](C)C=C[C@@H](O)C4(c5cc(CC)co5)CC4)CC[C@@H]23)C[C@@H](O)C[C@@H]1O. The smallest absolute Gasteiger partial charge is 0.113 e. The quantitative estimate of drug-likeness (QED) is 0.366. The van der Waals surface area contributed by atoms with Crippen molar-refractivity contribution in [3.05, 3.63) is 71.3 Å². The molecule has 4 fully saturated rings. The summed E-state index contributed by atoms with van der Waals surface area (Å²) in [6.07, 6.45) is 18.8. The minimum atomic E-state index is -0.639. The molecule has 0 aliphatic heterocycles. The zero-order valence-corrected chi connectivity index (χ0v) is 23.0. The van der Waals surface area contributed by atoms with Crippen LogP contribution in [0.5, 0.6) is 0 Å². The van der Waals surface area contributed by atoms with Gasteiger partial charge in [0.05, 0.1) is 30.0 Å². The summed E-state index contributed by atoms with van der Waals surface area (Å²) in [5.74, 6) is 2.51. The van der Waals surface area contributed by atoms with Gasteiger partial charge in [0.2, 0.25) is 0 Å². The Morgan fingerprint density at radius 3 is 2.65 bits per heavy atom. The van der Waals surface area contributed by atoms with Gasteiger partial charge in [-0.25, -0.2) is 0 Å². The van der Waals surface area contributed by atoms with Gasteiger partial charge in [-0.1, -0.05) is 57.2 Å². The molecule has 0 unspecified atom stereocenters. The zero-order valence-electron chi connectivity index (χ0n) is 23.0. The number of aliphatic hydroxyl groups excluding tert-OH is 3. The van der Waals surface area contributed by atoms with Gasteiger partial charge in [-0.05, 0) is 104 Å². The third-order valence-corrected chi connectivity index (χ3v) is 10.4. The number of allylic oxidation sites excluding steroid dienone is 4. The Balaban J connectivity index is 1.28. The average Bonchev–Trinajstić information content (AvgIpc) is 3.39. The largest absolute Gasteiger partial charge is 0.468 e. The van der Waals surface area contributed by atoms with Crippen molar-refractivity contribution in [3.63, 3.8) is 0 Å². The van der Waals surface area contributed by atoms with Crippen LogP contribution in [0.15, 0.2) is 64.3 Å². The molecule has 202 valence electrons. The van der Waals surface area contributed by atoms with Crippen LogP contribution in [0.1, 0.15) is 89.9 Å². The van der Waals surface area contributed by atoms with E-state index in [0.29, 0.717) is 30.6 Å². The summed E-state index contributed by atoms with van der Waals surface area (Å²) in [6, 6.07) is 2.13. The summed E-state index contributed by atoms with van der Waals surface area (Å²) in [7, 11) is 0. The Hall–Kier alpha value is -1.88. The molecule has 1 aromatic heterocycles. The molecule has 4 heteroatoms. The molecule has 0 aromatic carbocycles. The number of hydrogen-bond acceptors (Lipinski definition) is 4. The van der Waals surface area contributed by atoms with E-state index in [9.17, 15) is 15.3 Å². The van der Waals surface area contributed by atoms with Gasteiger partial charge in [-0.15, -0.1) is 0 Å². The van der Waals surface area contributed by atoms with Crippen LogP contribution in [0.4, 0.5) is 0 Å². The molecule has 1 heterocycles. The van der Waals surface area contributed by atoms with Crippen LogP contribution >= 0.6 is 0 Å². The standard InChI is InChI=1S/C33H46O4/c1-5-23-17-31(37-20-23)33(15-16-33)30(36)13-8-21(2)27-11-12-28-24(7-6-14-32(27,28)4)9-10-25-18-26(34)19-29(35)22(25)3/h8-10,13,17,20-21,26-30,34-36H,3,5-7,11-12,14-16,18-19H2,1-2,4H3/t21-,26-,27-,28+,29+,30-,32-/m1/s1. The Morgan fingerprint density at radius 1 is 1.16 bits per heavy atom. The van der Waals surface area contributed by atoms with Crippen molar-refractivity contribution in [2.75, 3.05) is 0 Å². The number of fused-ring (bicyclic) bond motifs is 1. The Morgan fingerprint density at radius 2 is 1.95 bits per heavy atom. The lowest BCUT2D eigenvalue weighted by Gasteiger charge is -2.44. The van der Waals surface area contributed by atoms with Crippen molar-refractivity contribution in [2.24, 2.45) is 23.2 Å². The molecule has 0 amide bonds. The molecule has 4 aliphatic rings. The van der Waals surface area contributed by atoms with Crippen LogP contribution in [0.25, 0.3) is 0 Å². The molecular formula is C33H46O4. The highest BCUT2D eigenvalue weighted by molar-refractivity contribution is 5.39. The highest BCUT2D eigenvalue weighted by Crippen LogP contribution is 2.60. The third-order valence-electron chi connectivity index (χ3n) is 10.4. The number of hydrogen-bond donors (Lipinski definition) is 3. The summed E-state index contributed by atoms with van der Waals surface area (Å²) in [5, 5.41) is 31.5. The monoisotopic (exact) mass is 506 g/mol. The summed E-state index contributed by atoms with van der Waals surface area (Å²) in [4.78, 5) is 0. The van der Waals surface area contributed by atoms with Gasteiger partial charge in [0.25, 0.3) is 0 Å². The molecule has 7 atom stereocenters. The fourth-order valence-electron chi connectivity index (χ4n) is 7.85. The molecule has 0 spiro atoms. The fourth-order valence-corrected chi connectivity index (χ4v) is 7.85. The second-order valence-electron chi connectivity index (χ2n) is 12.7. The van der Waals surface area contributed by atoms with Crippen molar-refractivity contribution in [2.45, 2.75) is 109 Å². The van der Waals surface area contributed by atoms with Crippen LogP contribution in [-0.4, -0.2) is 33.6 Å². The highest BCUT2D eigenvalue weighted by atomic mass is 16.3. The first-order chi connectivity index (χ1) is 17.7. The van der Waals surface area contributed by atoms with Gasteiger partial charge in [0, 0.05) is 6.42 Å². The van der Waals surface area contributed by atoms with Crippen LogP contribution in [0.3, 0.4) is 0 Å². The van der Waals surface area contributed by atoms with E-state index >= 15 is 0 Å². The first kappa shape index (κ1) is 26.7. The normalized spacial score (nSPS) is 37.3. The minimum Gasteiger partial charge on any atom is -0.468 e. The lowest BCUT2D eigenvalue weighted by molar-refractivity contribution is 0.0862. The lowest BCUT2D eigenvalue weighted by atomic mass is 9.61. The van der Waals surface area contributed by atoms with E-state index in [1.54, 1.807) is 0 Å². The molecular weight excluding hydrogens is 460 g/mol. The Bertz CT molecular complexity index is 1090. The van der Waals surface area contributed by atoms with Crippen molar-refractivity contribution in [1.82, 2.24) is 0 Å². The van der Waals surface area contributed by atoms with Gasteiger partial charge in [-0.2, -0.15) is 0 Å². The van der Waals surface area contributed by atoms with Gasteiger partial charge in [0.15, 0.2) is 0 Å². The molecule has 37 heavy (non-hydrogen) atoms. The van der Waals surface area contributed by atoms with Gasteiger partial charge in [0.1, 0.15) is 5.76 Å². The van der Waals surface area contributed by atoms with Crippen LogP contribution in [-0.2, 0) is 11.8 Å². The third kappa shape index (κ3) is 4.97. The molecule has 0 saturated heterocycles. The van der Waals surface area contributed by atoms with E-state index in [1.165, 1.54) is 36.8 Å². The molecule has 0 bridgehead atoms. The van der Waals surface area contributed by atoms with Gasteiger partial charge < -0.3 is 19.7 Å². The van der Waals surface area contributed by atoms with E-state index in [1.807, 2.05) is 6.26 Å². The van der Waals surface area contributed by atoms with E-state index in [-0.39, 0.29) is 10.8 Å². The van der Waals surface area contributed by atoms with E-state index < -0.39 is 18.3 Å². The topological polar surface area (TPSA) is 73.8 Å². The van der Waals surface area contributed by atoms with Crippen LogP contribution < -0.4 is 0 Å². The fraction of sp³-hybridized carbons (Fsp3) is 0.636. The van der Waals surface area contributed by atoms with Crippen LogP contribution in [0, 0.1) is 23.2 Å². The molecule has 4 nitrogen and oxygen atoms in total. The molecule has 4 saturated carbocycles. The van der Waals surface area contributed by atoms with E-state index in [0.717, 1.165) is 42.6 Å². The second-order valence-corrected chi connectivity index (χ2v) is 12.7. The van der Waals surface area contributed by atoms with Gasteiger partial charge >= 0.3 is 0 Å². The number of furan rings is 1. The van der Waals surface area contributed by atoms with Crippen molar-refractivity contribution < 1.29 is 19.7 Å². The zero-order chi connectivity index (χ0) is 26.4. The number of rotatable bonds is 7. The average molecular weight is 507 g/mol. The van der Waals surface area contributed by atoms with Crippen molar-refractivity contribution in [1.29, 1.82) is 0 Å². The van der Waals surface area contributed by atoms with Crippen LogP contribution in [0.2, 0.25) is 0 Å². The number of aliphatic hydroxyl groups is 3. The molecule has 1 aromatic rings. The Kier molecular flexibility index (Phi) is 7.48. The minimum absolute atomic E-state index is 0.232. The maximum absolute atomic E-state index is 11.2. The van der Waals surface area contributed by atoms with E-state index in [4.69, 9.17) is 4.42 Å².